The number of hydrogen-bond acceptors (Lipinski definition) is 3. The van der Waals surface area contributed by atoms with E-state index in [2.05, 4.69) is 4.99 Å². The summed E-state index contributed by atoms with van der Waals surface area (Å²) in [6, 6.07) is 5.60. The standard InChI is InChI=1S/C10H12N2O/c1-8-4-5-9(11-7-13)6-10(8)12(2)3/h4-6H,1-3H3. The van der Waals surface area contributed by atoms with Gasteiger partial charge in [0.2, 0.25) is 6.08 Å². The van der Waals surface area contributed by atoms with E-state index < -0.39 is 0 Å². The highest BCUT2D eigenvalue weighted by Gasteiger charge is 2.00. The Balaban J connectivity index is 3.18. The maximum Gasteiger partial charge on any atom is 0.240 e. The number of rotatable bonds is 2. The van der Waals surface area contributed by atoms with E-state index in [1.165, 1.54) is 6.08 Å². The molecule has 0 fully saturated rings. The molecular formula is C10H12N2O. The summed E-state index contributed by atoms with van der Waals surface area (Å²) in [4.78, 5) is 15.6. The molecule has 0 N–H and O–H groups in total. The molecule has 0 spiro atoms. The van der Waals surface area contributed by atoms with Gasteiger partial charge in [-0.15, -0.1) is 0 Å². The van der Waals surface area contributed by atoms with Gasteiger partial charge in [0.1, 0.15) is 0 Å². The van der Waals surface area contributed by atoms with Crippen LogP contribution in [-0.4, -0.2) is 20.2 Å². The van der Waals surface area contributed by atoms with Crippen molar-refractivity contribution in [3.63, 3.8) is 0 Å². The molecule has 0 aromatic heterocycles. The third kappa shape index (κ3) is 2.17. The number of benzene rings is 1. The summed E-state index contributed by atoms with van der Waals surface area (Å²) in [7, 11) is 3.91. The van der Waals surface area contributed by atoms with Crippen LogP contribution in [0.4, 0.5) is 11.4 Å². The molecule has 1 aromatic rings. The van der Waals surface area contributed by atoms with Crippen LogP contribution in [0.25, 0.3) is 0 Å². The summed E-state index contributed by atoms with van der Waals surface area (Å²) >= 11 is 0. The zero-order valence-electron chi connectivity index (χ0n) is 8.03. The molecule has 0 amide bonds. The van der Waals surface area contributed by atoms with Crippen LogP contribution < -0.4 is 4.90 Å². The minimum atomic E-state index is 0.643. The number of aryl methyl sites for hydroxylation is 1. The molecule has 0 saturated carbocycles. The highest BCUT2D eigenvalue weighted by molar-refractivity contribution is 5.61. The van der Waals surface area contributed by atoms with Crippen LogP contribution in [0.3, 0.4) is 0 Å². The zero-order valence-corrected chi connectivity index (χ0v) is 8.03. The van der Waals surface area contributed by atoms with Gasteiger partial charge in [-0.3, -0.25) is 0 Å². The molecule has 0 aliphatic heterocycles. The Labute approximate surface area is 77.7 Å². The first-order valence-corrected chi connectivity index (χ1v) is 4.01. The van der Waals surface area contributed by atoms with E-state index in [1.807, 2.05) is 38.1 Å². The maximum atomic E-state index is 10.0. The molecule has 0 saturated heterocycles. The van der Waals surface area contributed by atoms with E-state index in [-0.39, 0.29) is 0 Å². The second kappa shape index (κ2) is 3.87. The fraction of sp³-hybridized carbons (Fsp3) is 0.300. The van der Waals surface area contributed by atoms with Gasteiger partial charge in [0.25, 0.3) is 0 Å². The topological polar surface area (TPSA) is 32.7 Å². The minimum Gasteiger partial charge on any atom is -0.377 e. The van der Waals surface area contributed by atoms with Crippen LogP contribution in [0, 0.1) is 6.92 Å². The number of aliphatic imine (C=N–C) groups is 1. The van der Waals surface area contributed by atoms with E-state index in [0.717, 1.165) is 11.3 Å². The number of carbonyl (C=O) groups excluding carboxylic acids is 1. The molecule has 3 nitrogen and oxygen atoms in total. The van der Waals surface area contributed by atoms with Crippen LogP contribution in [0.2, 0.25) is 0 Å². The summed E-state index contributed by atoms with van der Waals surface area (Å²) < 4.78 is 0. The van der Waals surface area contributed by atoms with E-state index in [0.29, 0.717) is 5.69 Å². The van der Waals surface area contributed by atoms with Crippen molar-refractivity contribution in [3.05, 3.63) is 23.8 Å². The van der Waals surface area contributed by atoms with Crippen LogP contribution >= 0.6 is 0 Å². The summed E-state index contributed by atoms with van der Waals surface area (Å²) in [5.74, 6) is 0. The fourth-order valence-electron chi connectivity index (χ4n) is 1.20. The molecule has 0 aliphatic carbocycles. The number of isocyanates is 1. The molecule has 13 heavy (non-hydrogen) atoms. The molecule has 0 unspecified atom stereocenters. The molecule has 0 aliphatic rings. The fourth-order valence-corrected chi connectivity index (χ4v) is 1.20. The number of anilines is 1. The zero-order chi connectivity index (χ0) is 9.84. The highest BCUT2D eigenvalue weighted by Crippen LogP contribution is 2.23. The highest BCUT2D eigenvalue weighted by atomic mass is 16.1. The average molecular weight is 176 g/mol. The maximum absolute atomic E-state index is 10.0. The summed E-state index contributed by atoms with van der Waals surface area (Å²) in [6.45, 7) is 2.02. The molecule has 0 atom stereocenters. The Morgan fingerprint density at radius 2 is 2.08 bits per heavy atom. The molecule has 1 rings (SSSR count). The monoisotopic (exact) mass is 176 g/mol. The Hall–Kier alpha value is -1.60. The second-order valence-electron chi connectivity index (χ2n) is 3.07. The molecule has 68 valence electrons. The lowest BCUT2D eigenvalue weighted by atomic mass is 10.1. The largest absolute Gasteiger partial charge is 0.377 e. The van der Waals surface area contributed by atoms with Gasteiger partial charge >= 0.3 is 0 Å². The number of nitrogens with zero attached hydrogens (tertiary/aromatic N) is 2. The van der Waals surface area contributed by atoms with E-state index in [1.54, 1.807) is 6.07 Å². The molecule has 0 heterocycles. The predicted molar refractivity (Wildman–Crippen MR) is 53.3 cm³/mol. The van der Waals surface area contributed by atoms with Crippen molar-refractivity contribution < 1.29 is 4.79 Å². The summed E-state index contributed by atoms with van der Waals surface area (Å²) in [6.07, 6.45) is 1.53. The first-order valence-electron chi connectivity index (χ1n) is 4.01. The Morgan fingerprint density at radius 1 is 1.38 bits per heavy atom. The van der Waals surface area contributed by atoms with Crippen molar-refractivity contribution in [3.8, 4) is 0 Å². The first kappa shape index (κ1) is 9.49. The summed E-state index contributed by atoms with van der Waals surface area (Å²) in [5, 5.41) is 0. The van der Waals surface area contributed by atoms with Gasteiger partial charge in [0.05, 0.1) is 5.69 Å². The third-order valence-electron chi connectivity index (χ3n) is 1.85. The van der Waals surface area contributed by atoms with E-state index in [9.17, 15) is 4.79 Å². The van der Waals surface area contributed by atoms with Crippen molar-refractivity contribution in [2.75, 3.05) is 19.0 Å². The van der Waals surface area contributed by atoms with Crippen molar-refractivity contribution in [2.45, 2.75) is 6.92 Å². The molecule has 0 bridgehead atoms. The van der Waals surface area contributed by atoms with Crippen LogP contribution in [0.5, 0.6) is 0 Å². The van der Waals surface area contributed by atoms with Gasteiger partial charge in [-0.2, -0.15) is 4.99 Å². The SMILES string of the molecule is Cc1ccc(N=C=O)cc1N(C)C. The number of hydrogen-bond donors (Lipinski definition) is 0. The molecule has 1 aromatic carbocycles. The molecular weight excluding hydrogens is 164 g/mol. The third-order valence-corrected chi connectivity index (χ3v) is 1.85. The Kier molecular flexibility index (Phi) is 2.83. The van der Waals surface area contributed by atoms with Crippen LogP contribution in [-0.2, 0) is 4.79 Å². The molecule has 3 heteroatoms. The van der Waals surface area contributed by atoms with Gasteiger partial charge in [0, 0.05) is 19.8 Å². The van der Waals surface area contributed by atoms with Crippen molar-refractivity contribution >= 4 is 17.5 Å². The van der Waals surface area contributed by atoms with Crippen molar-refractivity contribution in [1.29, 1.82) is 0 Å². The Morgan fingerprint density at radius 3 is 2.62 bits per heavy atom. The van der Waals surface area contributed by atoms with Gasteiger partial charge in [-0.1, -0.05) is 6.07 Å². The smallest absolute Gasteiger partial charge is 0.240 e. The van der Waals surface area contributed by atoms with Gasteiger partial charge in [-0.25, -0.2) is 4.79 Å². The van der Waals surface area contributed by atoms with Crippen molar-refractivity contribution in [2.24, 2.45) is 4.99 Å². The van der Waals surface area contributed by atoms with Gasteiger partial charge in [0.15, 0.2) is 0 Å². The van der Waals surface area contributed by atoms with E-state index >= 15 is 0 Å². The molecule has 0 radical (unpaired) electrons. The quantitative estimate of drug-likeness (QED) is 0.510. The normalized spacial score (nSPS) is 9.15. The first-order chi connectivity index (χ1) is 6.15. The minimum absolute atomic E-state index is 0.643. The van der Waals surface area contributed by atoms with Gasteiger partial charge in [-0.05, 0) is 24.6 Å². The second-order valence-corrected chi connectivity index (χ2v) is 3.07. The van der Waals surface area contributed by atoms with Crippen LogP contribution in [0.15, 0.2) is 23.2 Å². The lowest BCUT2D eigenvalue weighted by Crippen LogP contribution is -2.09. The van der Waals surface area contributed by atoms with Crippen molar-refractivity contribution in [1.82, 2.24) is 0 Å². The average Bonchev–Trinajstić information content (AvgIpc) is 2.08. The van der Waals surface area contributed by atoms with Gasteiger partial charge < -0.3 is 4.90 Å². The predicted octanol–water partition coefficient (Wildman–Crippen LogP) is 2.03. The Bertz CT molecular complexity index is 352. The van der Waals surface area contributed by atoms with Crippen LogP contribution in [0.1, 0.15) is 5.56 Å². The summed E-state index contributed by atoms with van der Waals surface area (Å²) in [5.41, 5.74) is 2.87. The van der Waals surface area contributed by atoms with E-state index in [4.69, 9.17) is 0 Å². The lowest BCUT2D eigenvalue weighted by Gasteiger charge is -2.15. The lowest BCUT2D eigenvalue weighted by molar-refractivity contribution is 0.565.